The molecule has 1 saturated heterocycles. The second-order valence-corrected chi connectivity index (χ2v) is 6.88. The Morgan fingerprint density at radius 2 is 1.83 bits per heavy atom. The number of hydrogen-bond donors (Lipinski definition) is 1. The first kappa shape index (κ1) is 21.0. The molecule has 0 aromatic heterocycles. The summed E-state index contributed by atoms with van der Waals surface area (Å²) in [6, 6.07) is 15.4. The van der Waals surface area contributed by atoms with Crippen molar-refractivity contribution in [1.82, 2.24) is 10.2 Å². The molecular weight excluding hydrogens is 387 g/mol. The minimum atomic E-state index is -1.35. The monoisotopic (exact) mass is 408 g/mol. The number of nitrogens with one attached hydrogen (secondary N) is 1. The standard InChI is InChI=1S/C22H21FN4O3/c1-2-22(16-9-11-17(23)12-10-16)20(29)27(21(30)25-22)15-19(28)26(14-6-13-24)18-7-4-3-5-8-18/h3-5,7-12H,2,6,14-15H2,1H3,(H,25,30)/t22-/m0/s1. The summed E-state index contributed by atoms with van der Waals surface area (Å²) in [6.07, 6.45) is 0.347. The number of halogens is 1. The number of amides is 4. The molecule has 0 bridgehead atoms. The minimum absolute atomic E-state index is 0.106. The van der Waals surface area contributed by atoms with Gasteiger partial charge < -0.3 is 10.2 Å². The number of imide groups is 1. The van der Waals surface area contributed by atoms with Gasteiger partial charge in [-0.2, -0.15) is 5.26 Å². The van der Waals surface area contributed by atoms with E-state index in [0.717, 1.165) is 4.90 Å². The Morgan fingerprint density at radius 1 is 1.17 bits per heavy atom. The van der Waals surface area contributed by atoms with Crippen molar-refractivity contribution in [2.75, 3.05) is 18.0 Å². The maximum atomic E-state index is 13.3. The van der Waals surface area contributed by atoms with Crippen LogP contribution in [0.25, 0.3) is 0 Å². The normalized spacial score (nSPS) is 18.1. The quantitative estimate of drug-likeness (QED) is 0.713. The van der Waals surface area contributed by atoms with Crippen LogP contribution >= 0.6 is 0 Å². The average Bonchev–Trinajstić information content (AvgIpc) is 3.00. The molecule has 1 heterocycles. The largest absolute Gasteiger partial charge is 0.325 e. The minimum Gasteiger partial charge on any atom is -0.319 e. The second-order valence-electron chi connectivity index (χ2n) is 6.88. The van der Waals surface area contributed by atoms with Crippen molar-refractivity contribution in [1.29, 1.82) is 5.26 Å². The van der Waals surface area contributed by atoms with Gasteiger partial charge >= 0.3 is 6.03 Å². The molecule has 0 spiro atoms. The third-order valence-electron chi connectivity index (χ3n) is 5.15. The van der Waals surface area contributed by atoms with Crippen LogP contribution in [-0.2, 0) is 15.1 Å². The van der Waals surface area contributed by atoms with Gasteiger partial charge in [0.1, 0.15) is 17.9 Å². The van der Waals surface area contributed by atoms with Gasteiger partial charge in [-0.3, -0.25) is 14.5 Å². The molecule has 1 aliphatic heterocycles. The van der Waals surface area contributed by atoms with Gasteiger partial charge in [0, 0.05) is 12.2 Å². The highest BCUT2D eigenvalue weighted by Crippen LogP contribution is 2.32. The average molecular weight is 408 g/mol. The number of benzene rings is 2. The van der Waals surface area contributed by atoms with Gasteiger partial charge in [-0.05, 0) is 36.2 Å². The smallest absolute Gasteiger partial charge is 0.319 e. The van der Waals surface area contributed by atoms with Gasteiger partial charge in [0.2, 0.25) is 5.91 Å². The van der Waals surface area contributed by atoms with Crippen LogP contribution in [-0.4, -0.2) is 35.8 Å². The summed E-state index contributed by atoms with van der Waals surface area (Å²) < 4.78 is 13.3. The van der Waals surface area contributed by atoms with Crippen LogP contribution in [0.2, 0.25) is 0 Å². The first-order valence-electron chi connectivity index (χ1n) is 9.55. The van der Waals surface area contributed by atoms with Crippen LogP contribution in [0, 0.1) is 17.1 Å². The van der Waals surface area contributed by atoms with Crippen LogP contribution < -0.4 is 10.2 Å². The van der Waals surface area contributed by atoms with E-state index in [-0.39, 0.29) is 19.4 Å². The van der Waals surface area contributed by atoms with Crippen molar-refractivity contribution in [3.63, 3.8) is 0 Å². The van der Waals surface area contributed by atoms with Crippen molar-refractivity contribution in [2.45, 2.75) is 25.3 Å². The molecule has 4 amide bonds. The fourth-order valence-electron chi connectivity index (χ4n) is 3.53. The summed E-state index contributed by atoms with van der Waals surface area (Å²) in [6.45, 7) is 1.41. The first-order chi connectivity index (χ1) is 14.4. The number of anilines is 1. The predicted octanol–water partition coefficient (Wildman–Crippen LogP) is 2.93. The molecule has 2 aromatic carbocycles. The molecular formula is C22H21FN4O3. The van der Waals surface area contributed by atoms with E-state index in [0.29, 0.717) is 11.3 Å². The van der Waals surface area contributed by atoms with E-state index < -0.39 is 35.7 Å². The summed E-state index contributed by atoms with van der Waals surface area (Å²) in [5.74, 6) is -1.50. The maximum absolute atomic E-state index is 13.3. The molecule has 1 aliphatic rings. The summed E-state index contributed by atoms with van der Waals surface area (Å²) >= 11 is 0. The van der Waals surface area contributed by atoms with E-state index in [4.69, 9.17) is 5.26 Å². The van der Waals surface area contributed by atoms with E-state index in [1.807, 2.05) is 6.07 Å². The number of nitrogens with zero attached hydrogens (tertiary/aromatic N) is 3. The third kappa shape index (κ3) is 3.87. The van der Waals surface area contributed by atoms with Crippen LogP contribution in [0.4, 0.5) is 14.9 Å². The molecule has 154 valence electrons. The van der Waals surface area contributed by atoms with E-state index >= 15 is 0 Å². The Kier molecular flexibility index (Phi) is 6.11. The maximum Gasteiger partial charge on any atom is 0.325 e. The Bertz CT molecular complexity index is 988. The number of hydrogen-bond acceptors (Lipinski definition) is 4. The molecule has 1 N–H and O–H groups in total. The lowest BCUT2D eigenvalue weighted by atomic mass is 9.87. The van der Waals surface area contributed by atoms with E-state index in [1.165, 1.54) is 29.2 Å². The number of rotatable bonds is 7. The predicted molar refractivity (Wildman–Crippen MR) is 108 cm³/mol. The molecule has 8 heteroatoms. The fourth-order valence-corrected chi connectivity index (χ4v) is 3.53. The summed E-state index contributed by atoms with van der Waals surface area (Å²) in [5, 5.41) is 11.6. The number of nitriles is 1. The second kappa shape index (κ2) is 8.74. The zero-order valence-corrected chi connectivity index (χ0v) is 16.5. The molecule has 1 fully saturated rings. The van der Waals surface area contributed by atoms with Crippen LogP contribution in [0.1, 0.15) is 25.3 Å². The zero-order chi connectivity index (χ0) is 21.7. The lowest BCUT2D eigenvalue weighted by Gasteiger charge is -2.27. The van der Waals surface area contributed by atoms with Crippen LogP contribution in [0.3, 0.4) is 0 Å². The first-order valence-corrected chi connectivity index (χ1v) is 9.55. The van der Waals surface area contributed by atoms with Gasteiger partial charge in [-0.25, -0.2) is 9.18 Å². The molecule has 3 rings (SSSR count). The number of carbonyl (C=O) groups excluding carboxylic acids is 3. The fraction of sp³-hybridized carbons (Fsp3) is 0.273. The lowest BCUT2D eigenvalue weighted by molar-refractivity contribution is -0.134. The van der Waals surface area contributed by atoms with Crippen molar-refractivity contribution >= 4 is 23.5 Å². The lowest BCUT2D eigenvalue weighted by Crippen LogP contribution is -2.46. The van der Waals surface area contributed by atoms with Gasteiger partial charge in [0.15, 0.2) is 0 Å². The highest BCUT2D eigenvalue weighted by molar-refractivity contribution is 6.10. The molecule has 1 atom stereocenters. The molecule has 0 saturated carbocycles. The van der Waals surface area contributed by atoms with Crippen molar-refractivity contribution in [3.8, 4) is 6.07 Å². The molecule has 2 aromatic rings. The highest BCUT2D eigenvalue weighted by atomic mass is 19.1. The molecule has 0 unspecified atom stereocenters. The van der Waals surface area contributed by atoms with Crippen LogP contribution in [0.15, 0.2) is 54.6 Å². The van der Waals surface area contributed by atoms with E-state index in [1.54, 1.807) is 37.3 Å². The number of carbonyl (C=O) groups is 3. The van der Waals surface area contributed by atoms with Crippen LogP contribution in [0.5, 0.6) is 0 Å². The SMILES string of the molecule is CC[C@@]1(c2ccc(F)cc2)NC(=O)N(CC(=O)N(CCC#N)c2ccccc2)C1=O. The summed E-state index contributed by atoms with van der Waals surface area (Å²) in [7, 11) is 0. The number of para-hydroxylation sites is 1. The van der Waals surface area contributed by atoms with Gasteiger partial charge in [0.25, 0.3) is 5.91 Å². The van der Waals surface area contributed by atoms with E-state index in [2.05, 4.69) is 5.32 Å². The molecule has 0 radical (unpaired) electrons. The van der Waals surface area contributed by atoms with Gasteiger partial charge in [-0.1, -0.05) is 37.3 Å². The Hall–Kier alpha value is -3.73. The third-order valence-corrected chi connectivity index (χ3v) is 5.15. The van der Waals surface area contributed by atoms with Crippen molar-refractivity contribution < 1.29 is 18.8 Å². The Labute approximate surface area is 173 Å². The van der Waals surface area contributed by atoms with Gasteiger partial charge in [-0.15, -0.1) is 0 Å². The van der Waals surface area contributed by atoms with Crippen molar-refractivity contribution in [2.24, 2.45) is 0 Å². The molecule has 30 heavy (non-hydrogen) atoms. The molecule has 7 nitrogen and oxygen atoms in total. The summed E-state index contributed by atoms with van der Waals surface area (Å²) in [4.78, 5) is 41.0. The molecule has 0 aliphatic carbocycles. The van der Waals surface area contributed by atoms with Gasteiger partial charge in [0.05, 0.1) is 12.5 Å². The topological polar surface area (TPSA) is 93.5 Å². The zero-order valence-electron chi connectivity index (χ0n) is 16.5. The highest BCUT2D eigenvalue weighted by Gasteiger charge is 2.51. The van der Waals surface area contributed by atoms with E-state index in [9.17, 15) is 18.8 Å². The summed E-state index contributed by atoms with van der Waals surface area (Å²) in [5.41, 5.74) is -0.329. The Morgan fingerprint density at radius 3 is 2.43 bits per heavy atom. The number of urea groups is 1. The Balaban J connectivity index is 1.85. The van der Waals surface area contributed by atoms with Crippen molar-refractivity contribution in [3.05, 3.63) is 66.0 Å².